The van der Waals surface area contributed by atoms with Crippen LogP contribution in [-0.4, -0.2) is 0 Å². The second-order valence-electron chi connectivity index (χ2n) is 5.97. The molecular weight excluding hydrogens is 216 g/mol. The molecule has 100 valence electrons. The Kier molecular flexibility index (Phi) is 5.77. The molecule has 0 heteroatoms. The van der Waals surface area contributed by atoms with E-state index < -0.39 is 0 Å². The largest absolute Gasteiger partial charge is 0.0654 e. The van der Waals surface area contributed by atoms with Gasteiger partial charge < -0.3 is 0 Å². The van der Waals surface area contributed by atoms with Crippen LogP contribution in [0.2, 0.25) is 0 Å². The lowest BCUT2D eigenvalue weighted by Gasteiger charge is -2.30. The van der Waals surface area contributed by atoms with Crippen LogP contribution < -0.4 is 0 Å². The van der Waals surface area contributed by atoms with Crippen LogP contribution in [0.4, 0.5) is 0 Å². The normalized spacial score (nSPS) is 18.7. The zero-order chi connectivity index (χ0) is 12.6. The van der Waals surface area contributed by atoms with Gasteiger partial charge in [0.05, 0.1) is 0 Å². The van der Waals surface area contributed by atoms with E-state index in [1.165, 1.54) is 63.4 Å². The summed E-state index contributed by atoms with van der Waals surface area (Å²) in [5.41, 5.74) is 1.52. The van der Waals surface area contributed by atoms with Crippen LogP contribution in [0.25, 0.3) is 0 Å². The Morgan fingerprint density at radius 2 is 1.72 bits per heavy atom. The summed E-state index contributed by atoms with van der Waals surface area (Å²) < 4.78 is 0. The van der Waals surface area contributed by atoms with Crippen LogP contribution in [0, 0.1) is 11.8 Å². The summed E-state index contributed by atoms with van der Waals surface area (Å²) in [5, 5.41) is 0. The summed E-state index contributed by atoms with van der Waals surface area (Å²) in [7, 11) is 0. The molecule has 0 nitrogen and oxygen atoms in total. The van der Waals surface area contributed by atoms with Crippen LogP contribution in [0.5, 0.6) is 0 Å². The van der Waals surface area contributed by atoms with Crippen LogP contribution in [0.3, 0.4) is 0 Å². The number of aryl methyl sites for hydroxylation is 1. The molecule has 0 heterocycles. The fraction of sp³-hybridized carbons (Fsp3) is 0.667. The average molecular weight is 244 g/mol. The van der Waals surface area contributed by atoms with E-state index in [2.05, 4.69) is 37.3 Å². The molecule has 0 aliphatic heterocycles. The minimum absolute atomic E-state index is 0.982. The molecule has 1 aliphatic carbocycles. The van der Waals surface area contributed by atoms with Gasteiger partial charge in [-0.3, -0.25) is 0 Å². The predicted octanol–water partition coefficient (Wildman–Crippen LogP) is 5.62. The van der Waals surface area contributed by atoms with Gasteiger partial charge in [0.1, 0.15) is 0 Å². The van der Waals surface area contributed by atoms with Crippen molar-refractivity contribution in [1.82, 2.24) is 0 Å². The smallest absolute Gasteiger partial charge is 0.0276 e. The Balaban J connectivity index is 1.85. The van der Waals surface area contributed by atoms with E-state index in [4.69, 9.17) is 0 Å². The Morgan fingerprint density at radius 3 is 2.39 bits per heavy atom. The summed E-state index contributed by atoms with van der Waals surface area (Å²) in [6.07, 6.45) is 12.9. The van der Waals surface area contributed by atoms with Crippen molar-refractivity contribution in [3.8, 4) is 0 Å². The third-order valence-electron chi connectivity index (χ3n) is 4.62. The van der Waals surface area contributed by atoms with Crippen LogP contribution in [0.15, 0.2) is 30.3 Å². The van der Waals surface area contributed by atoms with Crippen molar-refractivity contribution in [2.45, 2.75) is 64.7 Å². The summed E-state index contributed by atoms with van der Waals surface area (Å²) in [5.74, 6) is 2.01. The van der Waals surface area contributed by atoms with Gasteiger partial charge in [0.15, 0.2) is 0 Å². The van der Waals surface area contributed by atoms with E-state index in [9.17, 15) is 0 Å². The standard InChI is InChI=1S/C18H28/c1-2-9-17(18-12-7-4-8-13-18)15-14-16-10-5-3-6-11-16/h3,5-6,10-11,17-18H,2,4,7-9,12-15H2,1H3. The van der Waals surface area contributed by atoms with Crippen molar-refractivity contribution in [2.75, 3.05) is 0 Å². The van der Waals surface area contributed by atoms with Gasteiger partial charge in [0.25, 0.3) is 0 Å². The van der Waals surface area contributed by atoms with Gasteiger partial charge in [0.2, 0.25) is 0 Å². The van der Waals surface area contributed by atoms with Crippen molar-refractivity contribution < 1.29 is 0 Å². The maximum absolute atomic E-state index is 2.35. The fourth-order valence-corrected chi connectivity index (χ4v) is 3.59. The van der Waals surface area contributed by atoms with E-state index >= 15 is 0 Å². The first-order valence-electron chi connectivity index (χ1n) is 7.94. The molecule has 0 amide bonds. The molecule has 0 aromatic heterocycles. The second kappa shape index (κ2) is 7.61. The molecule has 1 aliphatic rings. The second-order valence-corrected chi connectivity index (χ2v) is 5.97. The lowest BCUT2D eigenvalue weighted by Crippen LogP contribution is -2.18. The summed E-state index contributed by atoms with van der Waals surface area (Å²) in [4.78, 5) is 0. The minimum Gasteiger partial charge on any atom is -0.0654 e. The third kappa shape index (κ3) is 4.15. The van der Waals surface area contributed by atoms with E-state index in [1.54, 1.807) is 0 Å². The Morgan fingerprint density at radius 1 is 1.00 bits per heavy atom. The minimum atomic E-state index is 0.982. The van der Waals surface area contributed by atoms with Crippen LogP contribution in [-0.2, 0) is 6.42 Å². The highest BCUT2D eigenvalue weighted by molar-refractivity contribution is 5.14. The van der Waals surface area contributed by atoms with Gasteiger partial charge in [-0.25, -0.2) is 0 Å². The lowest BCUT2D eigenvalue weighted by atomic mass is 9.76. The van der Waals surface area contributed by atoms with E-state index in [0.717, 1.165) is 11.8 Å². The molecule has 1 unspecified atom stereocenters. The Hall–Kier alpha value is -0.780. The van der Waals surface area contributed by atoms with E-state index in [1.807, 2.05) is 0 Å². The fourth-order valence-electron chi connectivity index (χ4n) is 3.59. The van der Waals surface area contributed by atoms with Gasteiger partial charge in [-0.1, -0.05) is 82.2 Å². The lowest BCUT2D eigenvalue weighted by molar-refractivity contribution is 0.223. The van der Waals surface area contributed by atoms with Crippen LogP contribution in [0.1, 0.15) is 63.9 Å². The molecule has 0 saturated heterocycles. The molecule has 18 heavy (non-hydrogen) atoms. The first-order valence-corrected chi connectivity index (χ1v) is 7.94. The van der Waals surface area contributed by atoms with Gasteiger partial charge in [-0.05, 0) is 30.2 Å². The molecular formula is C18H28. The predicted molar refractivity (Wildman–Crippen MR) is 79.7 cm³/mol. The summed E-state index contributed by atoms with van der Waals surface area (Å²) in [6, 6.07) is 11.0. The highest BCUT2D eigenvalue weighted by Crippen LogP contribution is 2.34. The van der Waals surface area contributed by atoms with Gasteiger partial charge in [0, 0.05) is 0 Å². The first-order chi connectivity index (χ1) is 8.90. The molecule has 0 radical (unpaired) electrons. The van der Waals surface area contributed by atoms with Crippen molar-refractivity contribution >= 4 is 0 Å². The van der Waals surface area contributed by atoms with E-state index in [-0.39, 0.29) is 0 Å². The van der Waals surface area contributed by atoms with Crippen molar-refractivity contribution in [2.24, 2.45) is 11.8 Å². The molecule has 0 spiro atoms. The molecule has 0 bridgehead atoms. The topological polar surface area (TPSA) is 0 Å². The van der Waals surface area contributed by atoms with Gasteiger partial charge in [-0.2, -0.15) is 0 Å². The van der Waals surface area contributed by atoms with Gasteiger partial charge >= 0.3 is 0 Å². The molecule has 1 atom stereocenters. The van der Waals surface area contributed by atoms with E-state index in [0.29, 0.717) is 0 Å². The third-order valence-corrected chi connectivity index (χ3v) is 4.62. The number of hydrogen-bond acceptors (Lipinski definition) is 0. The monoisotopic (exact) mass is 244 g/mol. The molecule has 1 aromatic carbocycles. The zero-order valence-electron chi connectivity index (χ0n) is 11.9. The van der Waals surface area contributed by atoms with Crippen molar-refractivity contribution in [3.05, 3.63) is 35.9 Å². The molecule has 1 fully saturated rings. The van der Waals surface area contributed by atoms with Crippen molar-refractivity contribution in [1.29, 1.82) is 0 Å². The molecule has 1 aromatic rings. The SMILES string of the molecule is CCCC(CCc1ccccc1)C1CCCCC1. The van der Waals surface area contributed by atoms with Crippen molar-refractivity contribution in [3.63, 3.8) is 0 Å². The Labute approximate surface area is 113 Å². The molecule has 0 N–H and O–H groups in total. The van der Waals surface area contributed by atoms with Gasteiger partial charge in [-0.15, -0.1) is 0 Å². The highest BCUT2D eigenvalue weighted by Gasteiger charge is 2.22. The molecule has 2 rings (SSSR count). The first kappa shape index (κ1) is 13.6. The summed E-state index contributed by atoms with van der Waals surface area (Å²) in [6.45, 7) is 2.35. The summed E-state index contributed by atoms with van der Waals surface area (Å²) >= 11 is 0. The number of rotatable bonds is 6. The number of hydrogen-bond donors (Lipinski definition) is 0. The molecule has 1 saturated carbocycles. The highest BCUT2D eigenvalue weighted by atomic mass is 14.3. The van der Waals surface area contributed by atoms with Crippen LogP contribution >= 0.6 is 0 Å². The average Bonchev–Trinajstić information content (AvgIpc) is 2.45. The maximum atomic E-state index is 2.35. The maximum Gasteiger partial charge on any atom is -0.0276 e. The Bertz CT molecular complexity index is 308. The zero-order valence-corrected chi connectivity index (χ0v) is 11.9. The quantitative estimate of drug-likeness (QED) is 0.609. The number of benzene rings is 1.